The zero-order valence-corrected chi connectivity index (χ0v) is 14.6. The monoisotopic (exact) mass is 350 g/mol. The van der Waals surface area contributed by atoms with E-state index in [1.54, 1.807) is 18.2 Å². The van der Waals surface area contributed by atoms with E-state index in [9.17, 15) is 9.18 Å². The quantitative estimate of drug-likeness (QED) is 0.727. The summed E-state index contributed by atoms with van der Waals surface area (Å²) >= 11 is 0. The normalized spacial score (nSPS) is 10.4. The molecule has 0 aliphatic carbocycles. The number of hydrogen-bond donors (Lipinski definition) is 2. The molecule has 0 aliphatic heterocycles. The Hall–Kier alpha value is -3.28. The fraction of sp³-hybridized carbons (Fsp3) is 0.150. The summed E-state index contributed by atoms with van der Waals surface area (Å²) in [4.78, 5) is 20.7. The average Bonchev–Trinajstić information content (AvgIpc) is 2.63. The Morgan fingerprint density at radius 1 is 1.12 bits per heavy atom. The van der Waals surface area contributed by atoms with Crippen molar-refractivity contribution in [2.45, 2.75) is 20.4 Å². The molecule has 3 rings (SSSR count). The van der Waals surface area contributed by atoms with Crippen LogP contribution in [-0.4, -0.2) is 15.9 Å². The number of benzene rings is 2. The minimum atomic E-state index is -0.326. The van der Waals surface area contributed by atoms with Gasteiger partial charge in [0, 0.05) is 24.0 Å². The highest BCUT2D eigenvalue weighted by Gasteiger charge is 2.11. The second-order valence-corrected chi connectivity index (χ2v) is 5.98. The second kappa shape index (κ2) is 7.74. The van der Waals surface area contributed by atoms with Gasteiger partial charge in [0.1, 0.15) is 11.5 Å². The highest BCUT2D eigenvalue weighted by Crippen LogP contribution is 2.17. The summed E-state index contributed by atoms with van der Waals surface area (Å²) in [6.07, 6.45) is 1.49. The van der Waals surface area contributed by atoms with Gasteiger partial charge >= 0.3 is 0 Å². The van der Waals surface area contributed by atoms with Crippen molar-refractivity contribution < 1.29 is 9.18 Å². The standard InChI is InChI=1S/C20H19FN4O/c1-13-7-8-17(14(2)11-13)24-19(26)18-9-10-22-20(25-18)23-12-15-5-3-4-6-16(15)21/h3-11H,12H2,1-2H3,(H,24,26)(H,22,23,25). The lowest BCUT2D eigenvalue weighted by Gasteiger charge is -2.10. The summed E-state index contributed by atoms with van der Waals surface area (Å²) in [5.41, 5.74) is 3.57. The van der Waals surface area contributed by atoms with Crippen LogP contribution in [0.5, 0.6) is 0 Å². The lowest BCUT2D eigenvalue weighted by atomic mass is 10.1. The summed E-state index contributed by atoms with van der Waals surface area (Å²) in [5, 5.41) is 5.78. The maximum atomic E-state index is 13.7. The smallest absolute Gasteiger partial charge is 0.274 e. The molecule has 3 aromatic rings. The zero-order chi connectivity index (χ0) is 18.5. The molecule has 0 saturated carbocycles. The van der Waals surface area contributed by atoms with Gasteiger partial charge in [0.25, 0.3) is 5.91 Å². The molecule has 0 fully saturated rings. The van der Waals surface area contributed by atoms with Crippen molar-refractivity contribution in [3.8, 4) is 0 Å². The first-order valence-corrected chi connectivity index (χ1v) is 8.22. The van der Waals surface area contributed by atoms with Crippen molar-refractivity contribution in [1.82, 2.24) is 9.97 Å². The Balaban J connectivity index is 1.70. The molecule has 26 heavy (non-hydrogen) atoms. The van der Waals surface area contributed by atoms with E-state index in [0.29, 0.717) is 5.56 Å². The predicted molar refractivity (Wildman–Crippen MR) is 99.6 cm³/mol. The molecule has 6 heteroatoms. The summed E-state index contributed by atoms with van der Waals surface area (Å²) < 4.78 is 13.7. The molecule has 0 radical (unpaired) electrons. The van der Waals surface area contributed by atoms with Gasteiger partial charge in [-0.1, -0.05) is 35.9 Å². The van der Waals surface area contributed by atoms with Crippen LogP contribution in [-0.2, 0) is 6.54 Å². The van der Waals surface area contributed by atoms with Gasteiger partial charge in [-0.05, 0) is 37.6 Å². The average molecular weight is 350 g/mol. The van der Waals surface area contributed by atoms with Gasteiger partial charge in [0.15, 0.2) is 0 Å². The van der Waals surface area contributed by atoms with Gasteiger partial charge < -0.3 is 10.6 Å². The van der Waals surface area contributed by atoms with Gasteiger partial charge in [0.05, 0.1) is 0 Å². The van der Waals surface area contributed by atoms with Gasteiger partial charge in [0.2, 0.25) is 5.95 Å². The Bertz CT molecular complexity index is 943. The molecule has 0 saturated heterocycles. The van der Waals surface area contributed by atoms with Crippen LogP contribution < -0.4 is 10.6 Å². The summed E-state index contributed by atoms with van der Waals surface area (Å²) in [7, 11) is 0. The third-order valence-electron chi connectivity index (χ3n) is 3.91. The molecular formula is C20H19FN4O. The van der Waals surface area contributed by atoms with Crippen LogP contribution >= 0.6 is 0 Å². The van der Waals surface area contributed by atoms with Gasteiger partial charge in [-0.2, -0.15) is 0 Å². The molecule has 0 atom stereocenters. The van der Waals surface area contributed by atoms with Crippen LogP contribution in [0.1, 0.15) is 27.2 Å². The lowest BCUT2D eigenvalue weighted by molar-refractivity contribution is 0.102. The van der Waals surface area contributed by atoms with Crippen LogP contribution in [0.15, 0.2) is 54.7 Å². The second-order valence-electron chi connectivity index (χ2n) is 5.98. The first-order valence-electron chi connectivity index (χ1n) is 8.22. The first kappa shape index (κ1) is 17.5. The van der Waals surface area contributed by atoms with E-state index in [-0.39, 0.29) is 29.9 Å². The molecule has 132 valence electrons. The van der Waals surface area contributed by atoms with Gasteiger partial charge in [-0.25, -0.2) is 14.4 Å². The Kier molecular flexibility index (Phi) is 5.22. The molecule has 0 aliphatic rings. The number of nitrogens with one attached hydrogen (secondary N) is 2. The summed E-state index contributed by atoms with van der Waals surface area (Å²) in [6.45, 7) is 4.16. The maximum Gasteiger partial charge on any atom is 0.274 e. The van der Waals surface area contributed by atoms with E-state index in [1.807, 2.05) is 32.0 Å². The van der Waals surface area contributed by atoms with Crippen LogP contribution in [0.2, 0.25) is 0 Å². The fourth-order valence-corrected chi connectivity index (χ4v) is 2.53. The van der Waals surface area contributed by atoms with Crippen molar-refractivity contribution in [2.75, 3.05) is 10.6 Å². The Morgan fingerprint density at radius 3 is 2.69 bits per heavy atom. The van der Waals surface area contributed by atoms with Crippen molar-refractivity contribution in [3.05, 3.63) is 82.9 Å². The zero-order valence-electron chi connectivity index (χ0n) is 14.6. The molecular weight excluding hydrogens is 331 g/mol. The van der Waals surface area contributed by atoms with E-state index in [2.05, 4.69) is 20.6 Å². The highest BCUT2D eigenvalue weighted by atomic mass is 19.1. The largest absolute Gasteiger partial charge is 0.350 e. The summed E-state index contributed by atoms with van der Waals surface area (Å²) in [6, 6.07) is 13.8. The number of nitrogens with zero attached hydrogens (tertiary/aromatic N) is 2. The highest BCUT2D eigenvalue weighted by molar-refractivity contribution is 6.03. The van der Waals surface area contributed by atoms with E-state index in [0.717, 1.165) is 16.8 Å². The van der Waals surface area contributed by atoms with Crippen LogP contribution in [0.4, 0.5) is 16.0 Å². The van der Waals surface area contributed by atoms with Crippen LogP contribution in [0.25, 0.3) is 0 Å². The van der Waals surface area contributed by atoms with Gasteiger partial charge in [-0.15, -0.1) is 0 Å². The van der Waals surface area contributed by atoms with E-state index >= 15 is 0 Å². The van der Waals surface area contributed by atoms with E-state index in [1.165, 1.54) is 18.3 Å². The minimum Gasteiger partial charge on any atom is -0.350 e. The number of aromatic nitrogens is 2. The number of amides is 1. The van der Waals surface area contributed by atoms with E-state index in [4.69, 9.17) is 0 Å². The third kappa shape index (κ3) is 4.22. The number of carbonyl (C=O) groups is 1. The summed E-state index contributed by atoms with van der Waals surface area (Å²) in [5.74, 6) is -0.362. The molecule has 2 aromatic carbocycles. The van der Waals surface area contributed by atoms with Crippen molar-refractivity contribution in [1.29, 1.82) is 0 Å². The van der Waals surface area contributed by atoms with Crippen molar-refractivity contribution in [3.63, 3.8) is 0 Å². The minimum absolute atomic E-state index is 0.231. The predicted octanol–water partition coefficient (Wildman–Crippen LogP) is 4.10. The van der Waals surface area contributed by atoms with Gasteiger partial charge in [-0.3, -0.25) is 4.79 Å². The first-order chi connectivity index (χ1) is 12.5. The molecule has 5 nitrogen and oxygen atoms in total. The fourth-order valence-electron chi connectivity index (χ4n) is 2.53. The maximum absolute atomic E-state index is 13.7. The molecule has 1 aromatic heterocycles. The Morgan fingerprint density at radius 2 is 1.92 bits per heavy atom. The number of hydrogen-bond acceptors (Lipinski definition) is 4. The lowest BCUT2D eigenvalue weighted by Crippen LogP contribution is -2.16. The van der Waals surface area contributed by atoms with Crippen molar-refractivity contribution in [2.24, 2.45) is 0 Å². The molecule has 1 amide bonds. The van der Waals surface area contributed by atoms with Crippen LogP contribution in [0, 0.1) is 19.7 Å². The van der Waals surface area contributed by atoms with Crippen LogP contribution in [0.3, 0.4) is 0 Å². The number of anilines is 2. The van der Waals surface area contributed by atoms with E-state index < -0.39 is 0 Å². The number of aryl methyl sites for hydroxylation is 2. The van der Waals surface area contributed by atoms with Crippen molar-refractivity contribution >= 4 is 17.5 Å². The molecule has 0 unspecified atom stereocenters. The molecule has 2 N–H and O–H groups in total. The number of rotatable bonds is 5. The topological polar surface area (TPSA) is 66.9 Å². The SMILES string of the molecule is Cc1ccc(NC(=O)c2ccnc(NCc3ccccc3F)n2)c(C)c1. The number of halogens is 1. The number of carbonyl (C=O) groups excluding carboxylic acids is 1. The Labute approximate surface area is 151 Å². The third-order valence-corrected chi connectivity index (χ3v) is 3.91. The molecule has 0 spiro atoms. The molecule has 0 bridgehead atoms. The molecule has 1 heterocycles.